The molecule has 4 nitrogen and oxygen atoms in total. The smallest absolute Gasteiger partial charge is 0.242 e. The first-order chi connectivity index (χ1) is 9.14. The van der Waals surface area contributed by atoms with Crippen molar-refractivity contribution in [2.24, 2.45) is 16.7 Å². The van der Waals surface area contributed by atoms with Gasteiger partial charge in [-0.1, -0.05) is 39.8 Å². The van der Waals surface area contributed by atoms with Gasteiger partial charge in [0.2, 0.25) is 10.0 Å². The Hall–Kier alpha value is -1.07. The predicted octanol–water partition coefficient (Wildman–Crippen LogP) is 2.69. The molecule has 0 unspecified atom stereocenters. The Kier molecular flexibility index (Phi) is 3.63. The molecule has 2 rings (SSSR count). The van der Waals surface area contributed by atoms with Gasteiger partial charge in [-0.3, -0.25) is 0 Å². The molecular formula is C15H24N2O2S. The summed E-state index contributed by atoms with van der Waals surface area (Å²) in [6.07, 6.45) is 0. The molecule has 0 aliphatic heterocycles. The molecule has 0 amide bonds. The predicted molar refractivity (Wildman–Crippen MR) is 82.2 cm³/mol. The van der Waals surface area contributed by atoms with Gasteiger partial charge < -0.3 is 5.32 Å². The van der Waals surface area contributed by atoms with Crippen molar-refractivity contribution in [3.63, 3.8) is 0 Å². The van der Waals surface area contributed by atoms with E-state index in [2.05, 4.69) is 37.7 Å². The van der Waals surface area contributed by atoms with Gasteiger partial charge in [-0.25, -0.2) is 13.1 Å². The molecule has 1 aliphatic carbocycles. The Morgan fingerprint density at radius 1 is 1.10 bits per heavy atom. The summed E-state index contributed by atoms with van der Waals surface area (Å²) in [7, 11) is -1.75. The summed E-state index contributed by atoms with van der Waals surface area (Å²) in [4.78, 5) is 0.304. The molecule has 1 aromatic carbocycles. The lowest BCUT2D eigenvalue weighted by molar-refractivity contribution is 0.457. The lowest BCUT2D eigenvalue weighted by Gasteiger charge is -2.11. The molecule has 2 N–H and O–H groups in total. The molecule has 0 spiro atoms. The van der Waals surface area contributed by atoms with E-state index in [1.54, 1.807) is 25.2 Å². The van der Waals surface area contributed by atoms with E-state index in [1.165, 1.54) is 0 Å². The summed E-state index contributed by atoms with van der Waals surface area (Å²) in [5, 5.41) is 2.92. The first-order valence-corrected chi connectivity index (χ1v) is 8.39. The minimum Gasteiger partial charge on any atom is -0.387 e. The van der Waals surface area contributed by atoms with Crippen molar-refractivity contribution in [1.29, 1.82) is 0 Å². The Morgan fingerprint density at radius 3 is 2.15 bits per heavy atom. The van der Waals surface area contributed by atoms with E-state index in [0.29, 0.717) is 23.0 Å². The van der Waals surface area contributed by atoms with E-state index in [1.807, 2.05) is 6.07 Å². The molecule has 0 bridgehead atoms. The van der Waals surface area contributed by atoms with E-state index < -0.39 is 10.0 Å². The maximum atomic E-state index is 12.4. The molecule has 112 valence electrons. The van der Waals surface area contributed by atoms with E-state index in [9.17, 15) is 8.42 Å². The van der Waals surface area contributed by atoms with Crippen LogP contribution in [0.4, 0.5) is 5.69 Å². The van der Waals surface area contributed by atoms with Crippen LogP contribution in [0.2, 0.25) is 0 Å². The lowest BCUT2D eigenvalue weighted by atomic mass is 10.0. The molecule has 0 atom stereocenters. The zero-order valence-electron chi connectivity index (χ0n) is 12.8. The van der Waals surface area contributed by atoms with Gasteiger partial charge in [-0.2, -0.15) is 0 Å². The van der Waals surface area contributed by atoms with E-state index in [4.69, 9.17) is 0 Å². The molecule has 20 heavy (non-hydrogen) atoms. The van der Waals surface area contributed by atoms with Gasteiger partial charge in [0.1, 0.15) is 4.90 Å². The minimum atomic E-state index is -3.47. The number of anilines is 1. The monoisotopic (exact) mass is 296 g/mol. The summed E-state index contributed by atoms with van der Waals surface area (Å²) in [5.41, 5.74) is 0.977. The highest BCUT2D eigenvalue weighted by molar-refractivity contribution is 7.89. The fraction of sp³-hybridized carbons (Fsp3) is 0.600. The average Bonchev–Trinajstić information content (AvgIpc) is 2.77. The van der Waals surface area contributed by atoms with Crippen LogP contribution in [0.15, 0.2) is 29.2 Å². The van der Waals surface area contributed by atoms with Crippen molar-refractivity contribution in [3.8, 4) is 0 Å². The molecule has 0 aromatic heterocycles. The number of para-hydroxylation sites is 1. The van der Waals surface area contributed by atoms with Gasteiger partial charge in [-0.05, 0) is 28.9 Å². The normalized spacial score (nSPS) is 20.6. The van der Waals surface area contributed by atoms with Crippen LogP contribution in [0.25, 0.3) is 0 Å². The van der Waals surface area contributed by atoms with Gasteiger partial charge in [-0.15, -0.1) is 0 Å². The molecule has 0 heterocycles. The summed E-state index contributed by atoms with van der Waals surface area (Å²) in [6, 6.07) is 6.94. The summed E-state index contributed by atoms with van der Waals surface area (Å²) in [6.45, 7) is 9.24. The first-order valence-electron chi connectivity index (χ1n) is 6.91. The second kappa shape index (κ2) is 4.74. The Morgan fingerprint density at radius 2 is 1.65 bits per heavy atom. The third-order valence-corrected chi connectivity index (χ3v) is 6.72. The number of rotatable bonds is 5. The van der Waals surface area contributed by atoms with Gasteiger partial charge in [0, 0.05) is 13.6 Å². The van der Waals surface area contributed by atoms with Crippen molar-refractivity contribution >= 4 is 15.7 Å². The number of hydrogen-bond donors (Lipinski definition) is 2. The third-order valence-electron chi connectivity index (χ3n) is 5.24. The van der Waals surface area contributed by atoms with Crippen LogP contribution in [0, 0.1) is 16.7 Å². The highest BCUT2D eigenvalue weighted by atomic mass is 32.2. The molecule has 1 saturated carbocycles. The largest absolute Gasteiger partial charge is 0.387 e. The fourth-order valence-electron chi connectivity index (χ4n) is 3.02. The highest BCUT2D eigenvalue weighted by Gasteiger charge is 2.64. The zero-order valence-corrected chi connectivity index (χ0v) is 13.6. The van der Waals surface area contributed by atoms with Crippen LogP contribution in [-0.4, -0.2) is 22.0 Å². The average molecular weight is 296 g/mol. The Bertz CT molecular complexity index is 592. The highest BCUT2D eigenvalue weighted by Crippen LogP contribution is 2.67. The van der Waals surface area contributed by atoms with Crippen LogP contribution in [0.5, 0.6) is 0 Å². The topological polar surface area (TPSA) is 58.2 Å². The maximum absolute atomic E-state index is 12.4. The van der Waals surface area contributed by atoms with Crippen LogP contribution in [0.3, 0.4) is 0 Å². The van der Waals surface area contributed by atoms with Crippen LogP contribution in [0.1, 0.15) is 27.7 Å². The Balaban J connectivity index is 2.14. The lowest BCUT2D eigenvalue weighted by Crippen LogP contribution is -2.28. The second-order valence-corrected chi connectivity index (χ2v) is 8.33. The maximum Gasteiger partial charge on any atom is 0.242 e. The first kappa shape index (κ1) is 15.3. The number of benzene rings is 1. The van der Waals surface area contributed by atoms with Gasteiger partial charge in [0.25, 0.3) is 0 Å². The summed E-state index contributed by atoms with van der Waals surface area (Å²) in [5.74, 6) is 0.367. The number of nitrogens with one attached hydrogen (secondary N) is 2. The van der Waals surface area contributed by atoms with E-state index in [0.717, 1.165) is 0 Å². The van der Waals surface area contributed by atoms with Gasteiger partial charge in [0.05, 0.1) is 5.69 Å². The summed E-state index contributed by atoms with van der Waals surface area (Å²) >= 11 is 0. The van der Waals surface area contributed by atoms with Crippen LogP contribution >= 0.6 is 0 Å². The molecule has 5 heteroatoms. The molecule has 0 saturated heterocycles. The zero-order chi connectivity index (χ0) is 15.2. The molecule has 1 aromatic rings. The molecular weight excluding hydrogens is 272 g/mol. The Labute approximate surface area is 122 Å². The minimum absolute atomic E-state index is 0.179. The standard InChI is InChI=1S/C15H24N2O2S/c1-14(2)13(15(14,3)4)10-17-20(18,19)12-9-7-6-8-11(12)16-5/h6-9,13,16-17H,10H2,1-5H3. The number of hydrogen-bond acceptors (Lipinski definition) is 3. The van der Waals surface area contributed by atoms with Gasteiger partial charge >= 0.3 is 0 Å². The fourth-order valence-corrected chi connectivity index (χ4v) is 4.28. The van der Waals surface area contributed by atoms with Gasteiger partial charge in [0.15, 0.2) is 0 Å². The summed E-state index contributed by atoms with van der Waals surface area (Å²) < 4.78 is 27.6. The molecule has 1 fully saturated rings. The van der Waals surface area contributed by atoms with E-state index >= 15 is 0 Å². The quantitative estimate of drug-likeness (QED) is 0.878. The van der Waals surface area contributed by atoms with Crippen LogP contribution in [-0.2, 0) is 10.0 Å². The second-order valence-electron chi connectivity index (χ2n) is 6.59. The van der Waals surface area contributed by atoms with Crippen molar-refractivity contribution in [1.82, 2.24) is 4.72 Å². The van der Waals surface area contributed by atoms with Crippen LogP contribution < -0.4 is 10.0 Å². The molecule has 0 radical (unpaired) electrons. The van der Waals surface area contributed by atoms with Crippen molar-refractivity contribution in [3.05, 3.63) is 24.3 Å². The SMILES string of the molecule is CNc1ccccc1S(=O)(=O)NCC1C(C)(C)C1(C)C. The molecule has 1 aliphatic rings. The van der Waals surface area contributed by atoms with Crippen molar-refractivity contribution in [2.75, 3.05) is 18.9 Å². The number of sulfonamides is 1. The third kappa shape index (κ3) is 2.33. The van der Waals surface area contributed by atoms with E-state index in [-0.39, 0.29) is 10.8 Å². The van der Waals surface area contributed by atoms with Crippen molar-refractivity contribution in [2.45, 2.75) is 32.6 Å². The van der Waals surface area contributed by atoms with Crippen molar-refractivity contribution < 1.29 is 8.42 Å².